The number of carbonyl (C=O) groups is 1. The maximum atomic E-state index is 13.7. The van der Waals surface area contributed by atoms with Crippen LogP contribution in [0.2, 0.25) is 0 Å². The topological polar surface area (TPSA) is 98.2 Å². The molecule has 1 aromatic heterocycles. The lowest BCUT2D eigenvalue weighted by Gasteiger charge is -2.12. The number of allylic oxidation sites excluding steroid dienone is 1. The number of alkyl halides is 2. The van der Waals surface area contributed by atoms with E-state index in [-0.39, 0.29) is 41.5 Å². The van der Waals surface area contributed by atoms with Crippen molar-refractivity contribution in [1.82, 2.24) is 9.97 Å². The molecule has 0 saturated heterocycles. The Kier molecular flexibility index (Phi) is 7.68. The maximum absolute atomic E-state index is 13.7. The number of carbonyl (C=O) groups excluding carboxylic acids is 1. The van der Waals surface area contributed by atoms with Gasteiger partial charge in [-0.05, 0) is 43.4 Å². The number of anilines is 1. The highest BCUT2D eigenvalue weighted by atomic mass is 32.2. The van der Waals surface area contributed by atoms with Crippen LogP contribution in [0.15, 0.2) is 47.6 Å². The van der Waals surface area contributed by atoms with Crippen LogP contribution in [-0.2, 0) is 19.4 Å². The molecule has 3 rings (SSSR count). The Hall–Kier alpha value is -2.72. The largest absolute Gasteiger partial charge is 0.384 e. The van der Waals surface area contributed by atoms with Crippen molar-refractivity contribution in [3.05, 3.63) is 54.0 Å². The van der Waals surface area contributed by atoms with Gasteiger partial charge in [0.1, 0.15) is 12.3 Å². The Morgan fingerprint density at radius 1 is 1.16 bits per heavy atom. The lowest BCUT2D eigenvalue weighted by molar-refractivity contribution is -0.111. The van der Waals surface area contributed by atoms with Gasteiger partial charge in [0, 0.05) is 12.7 Å². The molecule has 10 heteroatoms. The van der Waals surface area contributed by atoms with E-state index in [1.807, 2.05) is 0 Å². The molecule has 2 aromatic rings. The number of amides is 1. The van der Waals surface area contributed by atoms with Gasteiger partial charge in [0.2, 0.25) is 0 Å². The molecule has 0 bridgehead atoms. The van der Waals surface area contributed by atoms with Crippen LogP contribution in [-0.4, -0.2) is 56.1 Å². The lowest BCUT2D eigenvalue weighted by atomic mass is 9.98. The Bertz CT molecular complexity index is 1060. The summed E-state index contributed by atoms with van der Waals surface area (Å²) < 4.78 is 56.9. The van der Waals surface area contributed by atoms with Gasteiger partial charge >= 0.3 is 0 Å². The molecule has 3 atom stereocenters. The van der Waals surface area contributed by atoms with Crippen molar-refractivity contribution in [1.29, 1.82) is 0 Å². The fourth-order valence-corrected chi connectivity index (χ4v) is 4.61. The number of rotatable bonds is 8. The molecule has 32 heavy (non-hydrogen) atoms. The number of nitrogens with zero attached hydrogens (tertiary/aromatic N) is 2. The van der Waals surface area contributed by atoms with Crippen LogP contribution in [0.5, 0.6) is 0 Å². The zero-order valence-corrected chi connectivity index (χ0v) is 18.6. The smallest absolute Gasteiger partial charge is 0.257 e. The number of aryl methyl sites for hydroxylation is 1. The molecule has 1 aliphatic carbocycles. The Labute approximate surface area is 185 Å². The van der Waals surface area contributed by atoms with Crippen LogP contribution >= 0.6 is 0 Å². The molecule has 1 saturated carbocycles. The van der Waals surface area contributed by atoms with Gasteiger partial charge in [0.25, 0.3) is 5.91 Å². The quantitative estimate of drug-likeness (QED) is 0.601. The Morgan fingerprint density at radius 3 is 2.38 bits per heavy atom. The fourth-order valence-electron chi connectivity index (χ4n) is 3.44. The van der Waals surface area contributed by atoms with Gasteiger partial charge in [-0.2, -0.15) is 0 Å². The van der Waals surface area contributed by atoms with E-state index >= 15 is 0 Å². The number of hydrogen-bond donors (Lipinski definition) is 1. The number of ether oxygens (including phenoxy) is 1. The summed E-state index contributed by atoms with van der Waals surface area (Å²) >= 11 is 0. The highest BCUT2D eigenvalue weighted by Crippen LogP contribution is 2.34. The van der Waals surface area contributed by atoms with E-state index in [0.717, 1.165) is 0 Å². The van der Waals surface area contributed by atoms with E-state index in [9.17, 15) is 22.0 Å². The fraction of sp³-hybridized carbons (Fsp3) is 0.409. The number of nitrogens with one attached hydrogen (secondary N) is 1. The number of sulfone groups is 1. The second-order valence-corrected chi connectivity index (χ2v) is 9.79. The van der Waals surface area contributed by atoms with Gasteiger partial charge in [-0.25, -0.2) is 22.2 Å². The minimum absolute atomic E-state index is 0.0221. The van der Waals surface area contributed by atoms with E-state index in [2.05, 4.69) is 15.3 Å². The maximum Gasteiger partial charge on any atom is 0.257 e. The van der Waals surface area contributed by atoms with Crippen LogP contribution in [0.4, 0.5) is 14.6 Å². The van der Waals surface area contributed by atoms with Crippen molar-refractivity contribution in [3.63, 3.8) is 0 Å². The van der Waals surface area contributed by atoms with E-state index in [4.69, 9.17) is 4.74 Å². The molecule has 1 N–H and O–H groups in total. The second kappa shape index (κ2) is 10.3. The molecule has 1 aliphatic rings. The molecule has 1 aromatic carbocycles. The summed E-state index contributed by atoms with van der Waals surface area (Å²) in [5.74, 6) is -0.940. The molecule has 172 valence electrons. The van der Waals surface area contributed by atoms with E-state index in [1.165, 1.54) is 49.8 Å². The second-order valence-electron chi connectivity index (χ2n) is 7.68. The first-order valence-corrected chi connectivity index (χ1v) is 11.8. The summed E-state index contributed by atoms with van der Waals surface area (Å²) in [4.78, 5) is 21.3. The van der Waals surface area contributed by atoms with Crippen molar-refractivity contribution in [2.75, 3.05) is 24.8 Å². The first-order chi connectivity index (χ1) is 15.2. The first-order valence-electron chi connectivity index (χ1n) is 10.1. The Balaban J connectivity index is 1.90. The zero-order chi connectivity index (χ0) is 23.3. The van der Waals surface area contributed by atoms with Gasteiger partial charge < -0.3 is 10.1 Å². The van der Waals surface area contributed by atoms with Crippen LogP contribution in [0.3, 0.4) is 0 Å². The predicted octanol–water partition coefficient (Wildman–Crippen LogP) is 3.31. The summed E-state index contributed by atoms with van der Waals surface area (Å²) in [5.41, 5.74) is 1.28. The third-order valence-corrected chi connectivity index (χ3v) is 6.89. The standard InChI is InChI=1S/C22H25F2N3O4S/c1-14-12-26-21(13-25-14)27-22(28)18(9-15-10-19(23)20(24)11-15)16-3-5-17(6-4-16)32(29,30)8-7-31-2/h3-6,9,12-13,15,19-20H,7-8,10-11H2,1-2H3,(H,26,27,28)/t15?,19-,20+. The summed E-state index contributed by atoms with van der Waals surface area (Å²) in [6.45, 7) is 1.82. The molecule has 0 aliphatic heterocycles. The normalized spacial score (nSPS) is 21.5. The molecular formula is C22H25F2N3O4S. The summed E-state index contributed by atoms with van der Waals surface area (Å²) in [6, 6.07) is 5.80. The highest BCUT2D eigenvalue weighted by Gasteiger charge is 2.34. The van der Waals surface area contributed by atoms with Crippen LogP contribution in [0.25, 0.3) is 5.57 Å². The lowest BCUT2D eigenvalue weighted by Crippen LogP contribution is -2.16. The van der Waals surface area contributed by atoms with Crippen LogP contribution in [0.1, 0.15) is 24.1 Å². The van der Waals surface area contributed by atoms with Crippen molar-refractivity contribution in [2.24, 2.45) is 5.92 Å². The van der Waals surface area contributed by atoms with Crippen molar-refractivity contribution >= 4 is 27.1 Å². The third-order valence-electron chi connectivity index (χ3n) is 5.20. The molecule has 7 nitrogen and oxygen atoms in total. The molecule has 1 heterocycles. The predicted molar refractivity (Wildman–Crippen MR) is 116 cm³/mol. The van der Waals surface area contributed by atoms with Crippen LogP contribution in [0, 0.1) is 12.8 Å². The van der Waals surface area contributed by atoms with Gasteiger partial charge in [0.05, 0.1) is 35.3 Å². The van der Waals surface area contributed by atoms with Crippen molar-refractivity contribution in [3.8, 4) is 0 Å². The molecule has 1 amide bonds. The van der Waals surface area contributed by atoms with Gasteiger partial charge in [-0.3, -0.25) is 9.78 Å². The van der Waals surface area contributed by atoms with Gasteiger partial charge in [-0.15, -0.1) is 0 Å². The van der Waals surface area contributed by atoms with Crippen molar-refractivity contribution < 1.29 is 26.7 Å². The number of benzene rings is 1. The van der Waals surface area contributed by atoms with E-state index in [1.54, 1.807) is 6.92 Å². The first kappa shape index (κ1) is 23.9. The number of hydrogen-bond acceptors (Lipinski definition) is 6. The molecule has 0 radical (unpaired) electrons. The number of halogens is 2. The summed E-state index contributed by atoms with van der Waals surface area (Å²) in [7, 11) is -2.12. The monoisotopic (exact) mass is 465 g/mol. The zero-order valence-electron chi connectivity index (χ0n) is 17.8. The van der Waals surface area contributed by atoms with E-state index in [0.29, 0.717) is 11.3 Å². The van der Waals surface area contributed by atoms with E-state index < -0.39 is 34.0 Å². The highest BCUT2D eigenvalue weighted by molar-refractivity contribution is 7.91. The average molecular weight is 466 g/mol. The molecule has 1 fully saturated rings. The molecule has 0 spiro atoms. The summed E-state index contributed by atoms with van der Waals surface area (Å²) in [5, 5.41) is 2.63. The Morgan fingerprint density at radius 2 is 1.81 bits per heavy atom. The third kappa shape index (κ3) is 5.95. The minimum atomic E-state index is -3.54. The molecule has 1 unspecified atom stereocenters. The SMILES string of the molecule is COCCS(=O)(=O)c1ccc(C(=CC2C[C@@H](F)[C@@H](F)C2)C(=O)Nc2cnc(C)cn2)cc1. The van der Waals surface area contributed by atoms with Crippen molar-refractivity contribution in [2.45, 2.75) is 37.0 Å². The minimum Gasteiger partial charge on any atom is -0.384 e. The summed E-state index contributed by atoms with van der Waals surface area (Å²) in [6.07, 6.45) is 1.25. The number of aromatic nitrogens is 2. The van der Waals surface area contributed by atoms with Crippen LogP contribution < -0.4 is 5.32 Å². The average Bonchev–Trinajstić information content (AvgIpc) is 3.09. The molecular weight excluding hydrogens is 440 g/mol. The van der Waals surface area contributed by atoms with Gasteiger partial charge in [-0.1, -0.05) is 18.2 Å². The van der Waals surface area contributed by atoms with Gasteiger partial charge in [0.15, 0.2) is 15.7 Å². The number of methoxy groups -OCH3 is 1.